The summed E-state index contributed by atoms with van der Waals surface area (Å²) in [4.78, 5) is 30.1. The lowest BCUT2D eigenvalue weighted by Crippen LogP contribution is -2.34. The molecule has 212 valence electrons. The standard InChI is InChI=1S/C21H19ClN4O4.C8H8O3/c1-2-21(13-29-20(27)28-12-14-6-4-3-5-7-14)10-8-16(30-21)26-11-9-15-17(23)24-19(22)25-18(15)26;9-8(10)11-6-7-4-2-1-3-5-7/h1,3-7,9,11,16H,8,10,12-13H2,(H2,23,24,25);1-5H,6H2,(H,9,10)/t16-,21?;/m1./s1. The summed E-state index contributed by atoms with van der Waals surface area (Å²) in [7, 11) is 0. The monoisotopic (exact) mass is 578 g/mol. The Balaban J connectivity index is 0.000000296. The van der Waals surface area contributed by atoms with Crippen LogP contribution < -0.4 is 5.73 Å². The summed E-state index contributed by atoms with van der Waals surface area (Å²) in [6.07, 6.45) is 6.14. The van der Waals surface area contributed by atoms with Crippen molar-refractivity contribution in [1.82, 2.24) is 14.5 Å². The number of nitrogens with two attached hydrogens (primary N) is 1. The predicted molar refractivity (Wildman–Crippen MR) is 150 cm³/mol. The number of carbonyl (C=O) groups is 2. The molecule has 12 heteroatoms. The van der Waals surface area contributed by atoms with Crippen molar-refractivity contribution >= 4 is 40.8 Å². The third-order valence-electron chi connectivity index (χ3n) is 6.13. The SMILES string of the molecule is C#CC1(COC(=O)OCc2ccccc2)CC[C@H](n2ccc3c(N)nc(Cl)nc32)O1.O=C(O)OCc1ccccc1. The van der Waals surface area contributed by atoms with Gasteiger partial charge in [-0.05, 0) is 41.6 Å². The lowest BCUT2D eigenvalue weighted by Gasteiger charge is -2.23. The Morgan fingerprint density at radius 3 is 2.29 bits per heavy atom. The maximum Gasteiger partial charge on any atom is 0.508 e. The van der Waals surface area contributed by atoms with Crippen LogP contribution in [0.3, 0.4) is 0 Å². The normalized spacial score (nSPS) is 17.6. The molecule has 0 radical (unpaired) electrons. The molecule has 41 heavy (non-hydrogen) atoms. The average Bonchev–Trinajstić information content (AvgIpc) is 3.60. The van der Waals surface area contributed by atoms with Crippen molar-refractivity contribution in [3.63, 3.8) is 0 Å². The van der Waals surface area contributed by atoms with Gasteiger partial charge in [-0.2, -0.15) is 4.98 Å². The van der Waals surface area contributed by atoms with Gasteiger partial charge in [-0.3, -0.25) is 0 Å². The van der Waals surface area contributed by atoms with E-state index in [0.717, 1.165) is 11.1 Å². The largest absolute Gasteiger partial charge is 0.508 e. The van der Waals surface area contributed by atoms with Crippen LogP contribution in [0.1, 0.15) is 30.2 Å². The first-order chi connectivity index (χ1) is 19.8. The molecule has 11 nitrogen and oxygen atoms in total. The molecule has 1 unspecified atom stereocenters. The van der Waals surface area contributed by atoms with Crippen LogP contribution in [0.4, 0.5) is 15.4 Å². The fourth-order valence-electron chi connectivity index (χ4n) is 4.10. The van der Waals surface area contributed by atoms with Gasteiger partial charge in [0, 0.05) is 6.20 Å². The number of hydrogen-bond donors (Lipinski definition) is 2. The Morgan fingerprint density at radius 2 is 1.68 bits per heavy atom. The number of benzene rings is 2. The van der Waals surface area contributed by atoms with Crippen molar-refractivity contribution in [1.29, 1.82) is 0 Å². The molecule has 1 saturated heterocycles. The number of fused-ring (bicyclic) bond motifs is 1. The smallest absolute Gasteiger partial charge is 0.450 e. The number of ether oxygens (including phenoxy) is 4. The molecule has 0 aliphatic carbocycles. The van der Waals surface area contributed by atoms with Crippen molar-refractivity contribution in [3.05, 3.63) is 89.3 Å². The van der Waals surface area contributed by atoms with Crippen LogP contribution in [0.15, 0.2) is 72.9 Å². The van der Waals surface area contributed by atoms with Gasteiger partial charge in [0.15, 0.2) is 5.60 Å². The number of nitrogen functional groups attached to an aromatic ring is 1. The van der Waals surface area contributed by atoms with Gasteiger partial charge in [0.1, 0.15) is 37.5 Å². The minimum absolute atomic E-state index is 0.0469. The van der Waals surface area contributed by atoms with E-state index in [4.69, 9.17) is 43.1 Å². The van der Waals surface area contributed by atoms with Crippen molar-refractivity contribution in [2.75, 3.05) is 12.3 Å². The van der Waals surface area contributed by atoms with Gasteiger partial charge >= 0.3 is 12.3 Å². The van der Waals surface area contributed by atoms with E-state index in [0.29, 0.717) is 23.9 Å². The van der Waals surface area contributed by atoms with E-state index in [1.165, 1.54) is 0 Å². The second-order valence-corrected chi connectivity index (χ2v) is 9.28. The molecule has 1 aliphatic heterocycles. The van der Waals surface area contributed by atoms with Gasteiger partial charge in [-0.25, -0.2) is 14.6 Å². The van der Waals surface area contributed by atoms with Crippen LogP contribution >= 0.6 is 11.6 Å². The van der Waals surface area contributed by atoms with Crippen molar-refractivity contribution in [2.24, 2.45) is 0 Å². The number of terminal acetylenes is 1. The molecule has 0 bridgehead atoms. The molecular weight excluding hydrogens is 552 g/mol. The van der Waals surface area contributed by atoms with Gasteiger partial charge in [0.25, 0.3) is 0 Å². The number of anilines is 1. The first-order valence-electron chi connectivity index (χ1n) is 12.5. The molecule has 0 amide bonds. The minimum Gasteiger partial charge on any atom is -0.450 e. The van der Waals surface area contributed by atoms with Crippen LogP contribution in [0.5, 0.6) is 0 Å². The number of aromatic nitrogens is 3. The number of nitrogens with zero attached hydrogens (tertiary/aromatic N) is 3. The first-order valence-corrected chi connectivity index (χ1v) is 12.8. The molecule has 1 aliphatic rings. The number of carbonyl (C=O) groups excluding carboxylic acids is 1. The van der Waals surface area contributed by atoms with Crippen molar-refractivity contribution in [2.45, 2.75) is 37.9 Å². The topological polar surface area (TPSA) is 148 Å². The van der Waals surface area contributed by atoms with E-state index in [-0.39, 0.29) is 30.9 Å². The van der Waals surface area contributed by atoms with E-state index in [2.05, 4.69) is 20.6 Å². The minimum atomic E-state index is -1.24. The second kappa shape index (κ2) is 13.5. The van der Waals surface area contributed by atoms with Crippen LogP contribution in [0.2, 0.25) is 5.28 Å². The van der Waals surface area contributed by atoms with Gasteiger partial charge in [0.05, 0.1) is 5.39 Å². The van der Waals surface area contributed by atoms with Gasteiger partial charge in [-0.1, -0.05) is 66.6 Å². The average molecular weight is 579 g/mol. The summed E-state index contributed by atoms with van der Waals surface area (Å²) in [6.45, 7) is 0.115. The number of carboxylic acid groups (broad SMARTS) is 1. The summed E-state index contributed by atoms with van der Waals surface area (Å²) in [5.74, 6) is 2.90. The molecular formula is C29H27ClN4O7. The van der Waals surface area contributed by atoms with Crippen LogP contribution in [0, 0.1) is 12.3 Å². The highest BCUT2D eigenvalue weighted by atomic mass is 35.5. The molecule has 3 heterocycles. The molecule has 0 saturated carbocycles. The van der Waals surface area contributed by atoms with Crippen LogP contribution in [-0.2, 0) is 32.2 Å². The highest BCUT2D eigenvalue weighted by Gasteiger charge is 2.41. The summed E-state index contributed by atoms with van der Waals surface area (Å²) in [5, 5.41) is 8.87. The zero-order valence-corrected chi connectivity index (χ0v) is 22.6. The molecule has 3 N–H and O–H groups in total. The Labute approximate surface area is 240 Å². The summed E-state index contributed by atoms with van der Waals surface area (Å²) in [5.41, 5.74) is 7.11. The fourth-order valence-corrected chi connectivity index (χ4v) is 4.27. The van der Waals surface area contributed by atoms with Gasteiger partial charge in [-0.15, -0.1) is 6.42 Å². The zero-order chi connectivity index (χ0) is 29.2. The summed E-state index contributed by atoms with van der Waals surface area (Å²) >= 11 is 5.94. The Kier molecular flexibility index (Phi) is 9.63. The fraction of sp³-hybridized carbons (Fsp3) is 0.241. The van der Waals surface area contributed by atoms with E-state index in [1.807, 2.05) is 60.7 Å². The second-order valence-electron chi connectivity index (χ2n) is 8.94. The molecule has 2 aromatic carbocycles. The zero-order valence-electron chi connectivity index (χ0n) is 21.8. The van der Waals surface area contributed by atoms with Crippen LogP contribution in [0.25, 0.3) is 11.0 Å². The molecule has 5 rings (SSSR count). The number of hydrogen-bond acceptors (Lipinski definition) is 9. The lowest BCUT2D eigenvalue weighted by atomic mass is 10.0. The quantitative estimate of drug-likeness (QED) is 0.162. The summed E-state index contributed by atoms with van der Waals surface area (Å²) in [6, 6.07) is 20.3. The van der Waals surface area contributed by atoms with Crippen LogP contribution in [-0.4, -0.2) is 44.2 Å². The van der Waals surface area contributed by atoms with E-state index < -0.39 is 24.1 Å². The number of rotatable bonds is 7. The molecule has 4 aromatic rings. The van der Waals surface area contributed by atoms with E-state index >= 15 is 0 Å². The Morgan fingerprint density at radius 1 is 1.05 bits per heavy atom. The van der Waals surface area contributed by atoms with E-state index in [1.54, 1.807) is 16.8 Å². The van der Waals surface area contributed by atoms with Crippen molar-refractivity contribution < 1.29 is 33.6 Å². The highest BCUT2D eigenvalue weighted by Crippen LogP contribution is 2.38. The number of halogens is 1. The van der Waals surface area contributed by atoms with E-state index in [9.17, 15) is 9.59 Å². The van der Waals surface area contributed by atoms with Gasteiger partial charge < -0.3 is 34.4 Å². The molecule has 2 aromatic heterocycles. The van der Waals surface area contributed by atoms with Crippen molar-refractivity contribution in [3.8, 4) is 12.3 Å². The summed E-state index contributed by atoms with van der Waals surface area (Å²) < 4.78 is 22.6. The maximum absolute atomic E-state index is 12.0. The Hall–Kier alpha value is -4.79. The maximum atomic E-state index is 12.0. The molecule has 1 fully saturated rings. The molecule has 2 atom stereocenters. The third kappa shape index (κ3) is 7.88. The lowest BCUT2D eigenvalue weighted by molar-refractivity contribution is -0.0736. The first kappa shape index (κ1) is 29.2. The van der Waals surface area contributed by atoms with Gasteiger partial charge in [0.2, 0.25) is 5.28 Å². The third-order valence-corrected chi connectivity index (χ3v) is 6.30. The molecule has 0 spiro atoms. The highest BCUT2D eigenvalue weighted by molar-refractivity contribution is 6.28. The predicted octanol–water partition coefficient (Wildman–Crippen LogP) is 5.58. The Bertz CT molecular complexity index is 1520.